The smallest absolute Gasteiger partial charge is 0.344 e. The lowest BCUT2D eigenvalue weighted by Crippen LogP contribution is -2.09. The minimum Gasteiger partial charge on any atom is -0.465 e. The number of benzene rings is 3. The molecule has 1 aliphatic heterocycles. The molecule has 7 heteroatoms. The van der Waals surface area contributed by atoms with Crippen molar-refractivity contribution in [3.8, 4) is 11.5 Å². The van der Waals surface area contributed by atoms with E-state index in [0.717, 1.165) is 0 Å². The van der Waals surface area contributed by atoms with E-state index in [1.807, 2.05) is 0 Å². The van der Waals surface area contributed by atoms with Crippen LogP contribution in [0.2, 0.25) is 0 Å². The van der Waals surface area contributed by atoms with Crippen LogP contribution in [0.25, 0.3) is 6.08 Å². The number of aryl methyl sites for hydroxylation is 1. The number of allylic oxidation sites excluding steroid dienone is 1. The molecule has 3 aromatic carbocycles. The van der Waals surface area contributed by atoms with Crippen molar-refractivity contribution in [3.63, 3.8) is 0 Å². The summed E-state index contributed by atoms with van der Waals surface area (Å²) in [7, 11) is 1.31. The molecule has 160 valence electrons. The lowest BCUT2D eigenvalue weighted by atomic mass is 10.0. The highest BCUT2D eigenvalue weighted by atomic mass is 79.9. The van der Waals surface area contributed by atoms with E-state index in [1.54, 1.807) is 67.6 Å². The third-order valence-electron chi connectivity index (χ3n) is 4.88. The fourth-order valence-electron chi connectivity index (χ4n) is 3.31. The van der Waals surface area contributed by atoms with Gasteiger partial charge in [-0.1, -0.05) is 24.3 Å². The molecule has 0 unspecified atom stereocenters. The second-order valence-electron chi connectivity index (χ2n) is 7.04. The Bertz CT molecular complexity index is 1270. The molecule has 0 radical (unpaired) electrons. The number of fused-ring (bicyclic) bond motifs is 1. The van der Waals surface area contributed by atoms with Crippen LogP contribution in [-0.2, 0) is 4.74 Å². The van der Waals surface area contributed by atoms with Crippen LogP contribution in [-0.4, -0.2) is 24.8 Å². The van der Waals surface area contributed by atoms with Crippen molar-refractivity contribution < 1.29 is 28.6 Å². The van der Waals surface area contributed by atoms with Crippen molar-refractivity contribution >= 4 is 39.7 Å². The maximum Gasteiger partial charge on any atom is 0.344 e. The van der Waals surface area contributed by atoms with E-state index in [4.69, 9.17) is 9.47 Å². The van der Waals surface area contributed by atoms with Crippen LogP contribution in [0.15, 0.2) is 70.9 Å². The Morgan fingerprint density at radius 2 is 1.72 bits per heavy atom. The average Bonchev–Trinajstić information content (AvgIpc) is 3.09. The molecule has 0 saturated heterocycles. The molecule has 0 fully saturated rings. The topological polar surface area (TPSA) is 78.9 Å². The average molecular weight is 493 g/mol. The van der Waals surface area contributed by atoms with E-state index in [9.17, 15) is 14.4 Å². The fraction of sp³-hybridized carbons (Fsp3) is 0.0800. The summed E-state index contributed by atoms with van der Waals surface area (Å²) in [5, 5.41) is 0. The first-order chi connectivity index (χ1) is 15.4. The molecule has 0 saturated carbocycles. The van der Waals surface area contributed by atoms with E-state index >= 15 is 0 Å². The molecule has 0 spiro atoms. The first-order valence-corrected chi connectivity index (χ1v) is 10.4. The van der Waals surface area contributed by atoms with Gasteiger partial charge in [-0.3, -0.25) is 4.79 Å². The van der Waals surface area contributed by atoms with Gasteiger partial charge in [-0.25, -0.2) is 9.59 Å². The van der Waals surface area contributed by atoms with Crippen LogP contribution in [0.5, 0.6) is 11.5 Å². The van der Waals surface area contributed by atoms with E-state index in [2.05, 4.69) is 20.7 Å². The zero-order chi connectivity index (χ0) is 22.8. The lowest BCUT2D eigenvalue weighted by Gasteiger charge is -2.08. The van der Waals surface area contributed by atoms with Gasteiger partial charge in [-0.15, -0.1) is 0 Å². The number of hydrogen-bond acceptors (Lipinski definition) is 6. The quantitative estimate of drug-likeness (QED) is 0.276. The molecule has 6 nitrogen and oxygen atoms in total. The number of methoxy groups -OCH3 is 1. The number of esters is 2. The normalized spacial score (nSPS) is 13.5. The molecule has 1 aliphatic rings. The zero-order valence-electron chi connectivity index (χ0n) is 17.2. The minimum absolute atomic E-state index is 0.142. The van der Waals surface area contributed by atoms with Crippen LogP contribution in [0.4, 0.5) is 0 Å². The Morgan fingerprint density at radius 1 is 1.00 bits per heavy atom. The molecule has 1 heterocycles. The molecular weight excluding hydrogens is 476 g/mol. The Balaban J connectivity index is 1.58. The summed E-state index contributed by atoms with van der Waals surface area (Å²) in [4.78, 5) is 36.9. The van der Waals surface area contributed by atoms with Gasteiger partial charge in [0.05, 0.1) is 23.8 Å². The summed E-state index contributed by atoms with van der Waals surface area (Å²) >= 11 is 3.33. The first kappa shape index (κ1) is 21.5. The second kappa shape index (κ2) is 8.80. The molecule has 0 aliphatic carbocycles. The van der Waals surface area contributed by atoms with E-state index in [1.165, 1.54) is 13.2 Å². The zero-order valence-corrected chi connectivity index (χ0v) is 18.8. The number of hydrogen-bond donors (Lipinski definition) is 0. The van der Waals surface area contributed by atoms with Gasteiger partial charge in [-0.05, 0) is 70.4 Å². The standard InChI is InChI=1S/C25H17BrO6/c1-14-11-17(31-25(29)18-5-3-4-6-19(18)26)13-20-22(14)23(27)21(32-20)12-15-7-9-16(10-8-15)24(28)30-2/h3-13H,1-2H3/b21-12-. The van der Waals surface area contributed by atoms with Crippen LogP contribution < -0.4 is 9.47 Å². The molecule has 3 aromatic rings. The largest absolute Gasteiger partial charge is 0.465 e. The predicted molar refractivity (Wildman–Crippen MR) is 121 cm³/mol. The molecule has 0 bridgehead atoms. The molecule has 0 N–H and O–H groups in total. The van der Waals surface area contributed by atoms with Crippen molar-refractivity contribution in [1.82, 2.24) is 0 Å². The predicted octanol–water partition coefficient (Wildman–Crippen LogP) is 5.38. The summed E-state index contributed by atoms with van der Waals surface area (Å²) in [5.41, 5.74) is 2.53. The van der Waals surface area contributed by atoms with Gasteiger partial charge in [0.1, 0.15) is 11.5 Å². The Kier molecular flexibility index (Phi) is 5.92. The van der Waals surface area contributed by atoms with Crippen molar-refractivity contribution in [2.24, 2.45) is 0 Å². The third kappa shape index (κ3) is 4.20. The molecular formula is C25H17BrO6. The van der Waals surface area contributed by atoms with Crippen molar-refractivity contribution in [3.05, 3.63) is 98.7 Å². The van der Waals surface area contributed by atoms with Crippen LogP contribution in [0.1, 0.15) is 42.2 Å². The van der Waals surface area contributed by atoms with Gasteiger partial charge in [-0.2, -0.15) is 0 Å². The SMILES string of the molecule is COC(=O)c1ccc(/C=C2\Oc3cc(OC(=O)c4ccccc4Br)cc(C)c3C2=O)cc1. The van der Waals surface area contributed by atoms with Crippen molar-refractivity contribution in [1.29, 1.82) is 0 Å². The number of carbonyl (C=O) groups is 3. The molecule has 0 amide bonds. The van der Waals surface area contributed by atoms with Gasteiger partial charge < -0.3 is 14.2 Å². The van der Waals surface area contributed by atoms with Crippen LogP contribution in [0.3, 0.4) is 0 Å². The number of ketones is 1. The minimum atomic E-state index is -0.525. The summed E-state index contributed by atoms with van der Waals surface area (Å²) < 4.78 is 16.6. The maximum absolute atomic E-state index is 12.9. The van der Waals surface area contributed by atoms with Crippen molar-refractivity contribution in [2.75, 3.05) is 7.11 Å². The molecule has 4 rings (SSSR count). The lowest BCUT2D eigenvalue weighted by molar-refractivity contribution is 0.0600. The number of Topliss-reactive ketones (excluding diaryl/α,β-unsaturated/α-hetero) is 1. The first-order valence-electron chi connectivity index (χ1n) is 9.61. The van der Waals surface area contributed by atoms with Gasteiger partial charge in [0.25, 0.3) is 0 Å². The Hall–Kier alpha value is -3.71. The third-order valence-corrected chi connectivity index (χ3v) is 5.57. The van der Waals surface area contributed by atoms with E-state index in [-0.39, 0.29) is 17.3 Å². The fourth-order valence-corrected chi connectivity index (χ4v) is 3.76. The number of ether oxygens (including phenoxy) is 3. The highest BCUT2D eigenvalue weighted by Gasteiger charge is 2.30. The van der Waals surface area contributed by atoms with Gasteiger partial charge >= 0.3 is 11.9 Å². The highest BCUT2D eigenvalue weighted by Crippen LogP contribution is 2.38. The van der Waals surface area contributed by atoms with Gasteiger partial charge in [0.2, 0.25) is 5.78 Å². The summed E-state index contributed by atoms with van der Waals surface area (Å²) in [6, 6.07) is 16.7. The summed E-state index contributed by atoms with van der Waals surface area (Å²) in [5.74, 6) is -0.491. The Morgan fingerprint density at radius 3 is 2.41 bits per heavy atom. The Labute approximate surface area is 192 Å². The highest BCUT2D eigenvalue weighted by molar-refractivity contribution is 9.10. The summed E-state index contributed by atoms with van der Waals surface area (Å²) in [6.45, 7) is 1.75. The number of halogens is 1. The number of rotatable bonds is 4. The second-order valence-corrected chi connectivity index (χ2v) is 7.89. The number of carbonyl (C=O) groups excluding carboxylic acids is 3. The molecule has 0 aromatic heterocycles. The molecule has 0 atom stereocenters. The van der Waals surface area contributed by atoms with Gasteiger partial charge in [0.15, 0.2) is 5.76 Å². The van der Waals surface area contributed by atoms with E-state index < -0.39 is 11.9 Å². The summed E-state index contributed by atoms with van der Waals surface area (Å²) in [6.07, 6.45) is 1.59. The van der Waals surface area contributed by atoms with Crippen LogP contribution >= 0.6 is 15.9 Å². The monoisotopic (exact) mass is 492 g/mol. The van der Waals surface area contributed by atoms with Crippen molar-refractivity contribution in [2.45, 2.75) is 6.92 Å². The van der Waals surface area contributed by atoms with Gasteiger partial charge in [0, 0.05) is 10.5 Å². The molecule has 32 heavy (non-hydrogen) atoms. The van der Waals surface area contributed by atoms with Crippen LogP contribution in [0, 0.1) is 6.92 Å². The van der Waals surface area contributed by atoms with E-state index in [0.29, 0.717) is 38.0 Å². The maximum atomic E-state index is 12.9.